The number of nitrogens with one attached hydrogen (secondary N) is 1. The molecule has 0 bridgehead atoms. The summed E-state index contributed by atoms with van der Waals surface area (Å²) >= 11 is 0. The zero-order chi connectivity index (χ0) is 19.4. The minimum atomic E-state index is -0.449. The number of carbonyl (C=O) groups excluding carboxylic acids is 2. The Bertz CT molecular complexity index is 852. The Morgan fingerprint density at radius 2 is 1.78 bits per heavy atom. The molecule has 7 heteroatoms. The van der Waals surface area contributed by atoms with Gasteiger partial charge in [0.15, 0.2) is 0 Å². The van der Waals surface area contributed by atoms with Crippen LogP contribution in [0.25, 0.3) is 0 Å². The Labute approximate surface area is 157 Å². The molecule has 2 aromatic carbocycles. The van der Waals surface area contributed by atoms with Gasteiger partial charge in [-0.3, -0.25) is 9.59 Å². The SMILES string of the molecule is COc1cccc(N2C[C@@H](C(=O)Nc3ccc(OC)cc3OC)CC2=O)c1. The Hall–Kier alpha value is -3.22. The van der Waals surface area contributed by atoms with Gasteiger partial charge in [0, 0.05) is 30.8 Å². The molecule has 0 spiro atoms. The highest BCUT2D eigenvalue weighted by Gasteiger charge is 2.35. The van der Waals surface area contributed by atoms with Crippen LogP contribution in [0, 0.1) is 5.92 Å². The maximum absolute atomic E-state index is 12.7. The van der Waals surface area contributed by atoms with Crippen LogP contribution >= 0.6 is 0 Å². The molecule has 7 nitrogen and oxygen atoms in total. The highest BCUT2D eigenvalue weighted by molar-refractivity contribution is 6.04. The minimum Gasteiger partial charge on any atom is -0.497 e. The average Bonchev–Trinajstić information content (AvgIpc) is 3.10. The molecule has 0 aromatic heterocycles. The van der Waals surface area contributed by atoms with Crippen LogP contribution < -0.4 is 24.4 Å². The highest BCUT2D eigenvalue weighted by Crippen LogP contribution is 2.32. The van der Waals surface area contributed by atoms with Crippen molar-refractivity contribution < 1.29 is 23.8 Å². The van der Waals surface area contributed by atoms with Crippen LogP contribution in [-0.2, 0) is 9.59 Å². The molecule has 1 fully saturated rings. The Kier molecular flexibility index (Phi) is 5.49. The van der Waals surface area contributed by atoms with Crippen molar-refractivity contribution in [1.82, 2.24) is 0 Å². The third-order valence-electron chi connectivity index (χ3n) is 4.53. The van der Waals surface area contributed by atoms with Crippen molar-refractivity contribution in [3.63, 3.8) is 0 Å². The molecule has 27 heavy (non-hydrogen) atoms. The normalized spacial score (nSPS) is 16.2. The van der Waals surface area contributed by atoms with Gasteiger partial charge in [0.2, 0.25) is 11.8 Å². The molecule has 1 aliphatic heterocycles. The third-order valence-corrected chi connectivity index (χ3v) is 4.53. The van der Waals surface area contributed by atoms with E-state index < -0.39 is 5.92 Å². The molecular weight excluding hydrogens is 348 g/mol. The van der Waals surface area contributed by atoms with Crippen LogP contribution in [0.5, 0.6) is 17.2 Å². The van der Waals surface area contributed by atoms with Crippen LogP contribution in [0.4, 0.5) is 11.4 Å². The predicted octanol–water partition coefficient (Wildman–Crippen LogP) is 2.70. The first-order chi connectivity index (χ1) is 13.0. The number of amides is 2. The first-order valence-electron chi connectivity index (χ1n) is 8.53. The smallest absolute Gasteiger partial charge is 0.229 e. The molecule has 2 aromatic rings. The zero-order valence-electron chi connectivity index (χ0n) is 15.5. The quantitative estimate of drug-likeness (QED) is 0.846. The molecule has 1 saturated heterocycles. The maximum Gasteiger partial charge on any atom is 0.229 e. The number of methoxy groups -OCH3 is 3. The van der Waals surface area contributed by atoms with Crippen LogP contribution in [0.2, 0.25) is 0 Å². The Balaban J connectivity index is 1.72. The van der Waals surface area contributed by atoms with Crippen molar-refractivity contribution in [2.24, 2.45) is 5.92 Å². The van der Waals surface area contributed by atoms with Crippen LogP contribution in [0.1, 0.15) is 6.42 Å². The molecule has 1 N–H and O–H groups in total. The second-order valence-corrected chi connectivity index (χ2v) is 6.16. The molecule has 0 aliphatic carbocycles. The fourth-order valence-corrected chi connectivity index (χ4v) is 3.05. The summed E-state index contributed by atoms with van der Waals surface area (Å²) in [4.78, 5) is 26.7. The van der Waals surface area contributed by atoms with Crippen LogP contribution in [0.3, 0.4) is 0 Å². The first-order valence-corrected chi connectivity index (χ1v) is 8.53. The molecule has 0 radical (unpaired) electrons. The van der Waals surface area contributed by atoms with E-state index in [9.17, 15) is 9.59 Å². The number of benzene rings is 2. The molecule has 1 heterocycles. The van der Waals surface area contributed by atoms with E-state index in [-0.39, 0.29) is 18.2 Å². The number of rotatable bonds is 6. The number of nitrogens with zero attached hydrogens (tertiary/aromatic N) is 1. The van der Waals surface area contributed by atoms with Gasteiger partial charge < -0.3 is 24.4 Å². The average molecular weight is 370 g/mol. The number of carbonyl (C=O) groups is 2. The monoisotopic (exact) mass is 370 g/mol. The topological polar surface area (TPSA) is 77.1 Å². The van der Waals surface area contributed by atoms with E-state index in [0.29, 0.717) is 29.5 Å². The predicted molar refractivity (Wildman–Crippen MR) is 102 cm³/mol. The van der Waals surface area contributed by atoms with Crippen molar-refractivity contribution in [3.05, 3.63) is 42.5 Å². The molecule has 0 saturated carbocycles. The van der Waals surface area contributed by atoms with Crippen LogP contribution in [-0.4, -0.2) is 39.7 Å². The van der Waals surface area contributed by atoms with Crippen molar-refractivity contribution in [3.8, 4) is 17.2 Å². The van der Waals surface area contributed by atoms with E-state index in [0.717, 1.165) is 5.69 Å². The lowest BCUT2D eigenvalue weighted by Crippen LogP contribution is -2.28. The molecule has 142 valence electrons. The molecule has 0 unspecified atom stereocenters. The number of hydrogen-bond acceptors (Lipinski definition) is 5. The lowest BCUT2D eigenvalue weighted by Gasteiger charge is -2.18. The Morgan fingerprint density at radius 1 is 1.04 bits per heavy atom. The summed E-state index contributed by atoms with van der Waals surface area (Å²) in [6.07, 6.45) is 0.154. The van der Waals surface area contributed by atoms with Gasteiger partial charge in [-0.05, 0) is 24.3 Å². The van der Waals surface area contributed by atoms with Crippen molar-refractivity contribution in [1.29, 1.82) is 0 Å². The summed E-state index contributed by atoms with van der Waals surface area (Å²) in [5.74, 6) is 1.02. The minimum absolute atomic E-state index is 0.0925. The van der Waals surface area contributed by atoms with E-state index >= 15 is 0 Å². The lowest BCUT2D eigenvalue weighted by atomic mass is 10.1. The standard InChI is InChI=1S/C20H22N2O5/c1-25-15-6-4-5-14(10-15)22-12-13(9-19(22)23)20(24)21-17-8-7-16(26-2)11-18(17)27-3/h4-8,10-11,13H,9,12H2,1-3H3,(H,21,24)/t13-/m0/s1. The maximum atomic E-state index is 12.7. The highest BCUT2D eigenvalue weighted by atomic mass is 16.5. The summed E-state index contributed by atoms with van der Waals surface area (Å²) in [5.41, 5.74) is 1.26. The summed E-state index contributed by atoms with van der Waals surface area (Å²) in [6.45, 7) is 0.316. The molecule has 1 aliphatic rings. The van der Waals surface area contributed by atoms with Crippen LogP contribution in [0.15, 0.2) is 42.5 Å². The van der Waals surface area contributed by atoms with Crippen molar-refractivity contribution >= 4 is 23.2 Å². The van der Waals surface area contributed by atoms with E-state index in [1.165, 1.54) is 7.11 Å². The van der Waals surface area contributed by atoms with Crippen molar-refractivity contribution in [2.45, 2.75) is 6.42 Å². The van der Waals surface area contributed by atoms with E-state index in [2.05, 4.69) is 5.32 Å². The molecular formula is C20H22N2O5. The number of ether oxygens (including phenoxy) is 3. The van der Waals surface area contributed by atoms with E-state index in [1.807, 2.05) is 18.2 Å². The van der Waals surface area contributed by atoms with Gasteiger partial charge in [0.05, 0.1) is 32.9 Å². The van der Waals surface area contributed by atoms with Gasteiger partial charge in [-0.2, -0.15) is 0 Å². The van der Waals surface area contributed by atoms with Crippen molar-refractivity contribution in [2.75, 3.05) is 38.1 Å². The largest absolute Gasteiger partial charge is 0.497 e. The lowest BCUT2D eigenvalue weighted by molar-refractivity contribution is -0.122. The number of hydrogen-bond donors (Lipinski definition) is 1. The van der Waals surface area contributed by atoms with Gasteiger partial charge >= 0.3 is 0 Å². The van der Waals surface area contributed by atoms with E-state index in [1.54, 1.807) is 43.4 Å². The summed E-state index contributed by atoms with van der Waals surface area (Å²) in [5, 5.41) is 2.85. The molecule has 2 amide bonds. The molecule has 1 atom stereocenters. The number of anilines is 2. The first kappa shape index (κ1) is 18.6. The zero-order valence-corrected chi connectivity index (χ0v) is 15.5. The summed E-state index contributed by atoms with van der Waals surface area (Å²) < 4.78 is 15.7. The van der Waals surface area contributed by atoms with Gasteiger partial charge in [-0.1, -0.05) is 6.07 Å². The van der Waals surface area contributed by atoms with E-state index in [4.69, 9.17) is 14.2 Å². The second-order valence-electron chi connectivity index (χ2n) is 6.16. The van der Waals surface area contributed by atoms with Gasteiger partial charge in [-0.15, -0.1) is 0 Å². The Morgan fingerprint density at radius 3 is 2.48 bits per heavy atom. The fraction of sp³-hybridized carbons (Fsp3) is 0.300. The third kappa shape index (κ3) is 3.97. The van der Waals surface area contributed by atoms with Gasteiger partial charge in [-0.25, -0.2) is 0 Å². The van der Waals surface area contributed by atoms with Gasteiger partial charge in [0.1, 0.15) is 17.2 Å². The summed E-state index contributed by atoms with van der Waals surface area (Å²) in [6, 6.07) is 12.4. The summed E-state index contributed by atoms with van der Waals surface area (Å²) in [7, 11) is 4.65. The van der Waals surface area contributed by atoms with Gasteiger partial charge in [0.25, 0.3) is 0 Å². The molecule has 3 rings (SSSR count). The fourth-order valence-electron chi connectivity index (χ4n) is 3.05. The second kappa shape index (κ2) is 7.99.